The SMILES string of the molecule is Nc1ccc(O)cc1C(=O)OCC(=O)NCC1CCCCC1. The maximum Gasteiger partial charge on any atom is 0.340 e. The molecule has 22 heavy (non-hydrogen) atoms. The van der Waals surface area contributed by atoms with E-state index in [0.717, 1.165) is 12.8 Å². The number of phenolic OH excluding ortho intramolecular Hbond substituents is 1. The van der Waals surface area contributed by atoms with Crippen molar-refractivity contribution >= 4 is 17.6 Å². The summed E-state index contributed by atoms with van der Waals surface area (Å²) >= 11 is 0. The lowest BCUT2D eigenvalue weighted by molar-refractivity contribution is -0.124. The van der Waals surface area contributed by atoms with Gasteiger partial charge in [0.25, 0.3) is 5.91 Å². The van der Waals surface area contributed by atoms with Gasteiger partial charge in [0.15, 0.2) is 6.61 Å². The molecule has 1 aromatic carbocycles. The number of hydrogen-bond acceptors (Lipinski definition) is 5. The van der Waals surface area contributed by atoms with Crippen LogP contribution in [0.1, 0.15) is 42.5 Å². The Kier molecular flexibility index (Phi) is 5.63. The van der Waals surface area contributed by atoms with E-state index in [4.69, 9.17) is 10.5 Å². The first kappa shape index (κ1) is 16.1. The topological polar surface area (TPSA) is 102 Å². The van der Waals surface area contributed by atoms with Gasteiger partial charge in [0.1, 0.15) is 5.75 Å². The molecule has 0 saturated heterocycles. The molecule has 6 heteroatoms. The number of phenols is 1. The molecule has 0 unspecified atom stereocenters. The number of hydrogen-bond donors (Lipinski definition) is 3. The van der Waals surface area contributed by atoms with Crippen molar-refractivity contribution in [3.8, 4) is 5.75 Å². The van der Waals surface area contributed by atoms with Crippen LogP contribution in [0, 0.1) is 5.92 Å². The van der Waals surface area contributed by atoms with Gasteiger partial charge in [-0.25, -0.2) is 4.79 Å². The van der Waals surface area contributed by atoms with Crippen molar-refractivity contribution in [3.05, 3.63) is 23.8 Å². The van der Waals surface area contributed by atoms with Gasteiger partial charge < -0.3 is 20.9 Å². The number of carbonyl (C=O) groups is 2. The number of anilines is 1. The molecule has 0 aromatic heterocycles. The van der Waals surface area contributed by atoms with Crippen molar-refractivity contribution in [2.24, 2.45) is 5.92 Å². The fourth-order valence-electron chi connectivity index (χ4n) is 2.63. The predicted molar refractivity (Wildman–Crippen MR) is 82.4 cm³/mol. The van der Waals surface area contributed by atoms with Crippen LogP contribution in [0.25, 0.3) is 0 Å². The van der Waals surface area contributed by atoms with Crippen LogP contribution in [-0.4, -0.2) is 30.1 Å². The average molecular weight is 306 g/mol. The summed E-state index contributed by atoms with van der Waals surface area (Å²) in [5, 5.41) is 12.1. The zero-order chi connectivity index (χ0) is 15.9. The van der Waals surface area contributed by atoms with E-state index in [-0.39, 0.29) is 29.5 Å². The van der Waals surface area contributed by atoms with Gasteiger partial charge in [-0.15, -0.1) is 0 Å². The molecule has 1 aliphatic carbocycles. The molecule has 0 atom stereocenters. The molecule has 4 N–H and O–H groups in total. The van der Waals surface area contributed by atoms with E-state index in [1.807, 2.05) is 0 Å². The standard InChI is InChI=1S/C16H22N2O4/c17-14-7-6-12(19)8-13(14)16(21)22-10-15(20)18-9-11-4-2-1-3-5-11/h6-8,11,19H,1-5,9-10,17H2,(H,18,20). The lowest BCUT2D eigenvalue weighted by Gasteiger charge is -2.21. The van der Waals surface area contributed by atoms with Crippen molar-refractivity contribution in [3.63, 3.8) is 0 Å². The third-order valence-electron chi connectivity index (χ3n) is 3.90. The Labute approximate surface area is 129 Å². The molecule has 2 rings (SSSR count). The second-order valence-corrected chi connectivity index (χ2v) is 5.66. The van der Waals surface area contributed by atoms with Gasteiger partial charge in [-0.2, -0.15) is 0 Å². The average Bonchev–Trinajstić information content (AvgIpc) is 2.54. The van der Waals surface area contributed by atoms with Crippen LogP contribution in [-0.2, 0) is 9.53 Å². The molecular formula is C16H22N2O4. The number of esters is 1. The van der Waals surface area contributed by atoms with Crippen molar-refractivity contribution < 1.29 is 19.4 Å². The quantitative estimate of drug-likeness (QED) is 0.437. The first-order chi connectivity index (χ1) is 10.6. The highest BCUT2D eigenvalue weighted by Crippen LogP contribution is 2.22. The summed E-state index contributed by atoms with van der Waals surface area (Å²) in [6.45, 7) is 0.283. The van der Waals surface area contributed by atoms with Crippen LogP contribution in [0.2, 0.25) is 0 Å². The monoisotopic (exact) mass is 306 g/mol. The van der Waals surface area contributed by atoms with E-state index in [9.17, 15) is 14.7 Å². The molecule has 120 valence electrons. The van der Waals surface area contributed by atoms with E-state index in [2.05, 4.69) is 5.32 Å². The van der Waals surface area contributed by atoms with Crippen LogP contribution in [0.5, 0.6) is 5.75 Å². The van der Waals surface area contributed by atoms with Crippen molar-refractivity contribution in [2.75, 3.05) is 18.9 Å². The van der Waals surface area contributed by atoms with Crippen molar-refractivity contribution in [1.29, 1.82) is 0 Å². The predicted octanol–water partition coefficient (Wildman–Crippen LogP) is 1.83. The molecule has 0 radical (unpaired) electrons. The fourth-order valence-corrected chi connectivity index (χ4v) is 2.63. The smallest absolute Gasteiger partial charge is 0.340 e. The minimum Gasteiger partial charge on any atom is -0.508 e. The number of nitrogen functional groups attached to an aromatic ring is 1. The van der Waals surface area contributed by atoms with E-state index in [1.165, 1.54) is 37.5 Å². The zero-order valence-electron chi connectivity index (χ0n) is 12.5. The number of carbonyl (C=O) groups excluding carboxylic acids is 2. The number of nitrogens with one attached hydrogen (secondary N) is 1. The Bertz CT molecular complexity index is 539. The summed E-state index contributed by atoms with van der Waals surface area (Å²) in [7, 11) is 0. The highest BCUT2D eigenvalue weighted by atomic mass is 16.5. The number of rotatable bonds is 5. The number of benzene rings is 1. The lowest BCUT2D eigenvalue weighted by atomic mass is 9.89. The molecule has 1 amide bonds. The Morgan fingerprint density at radius 2 is 2.00 bits per heavy atom. The summed E-state index contributed by atoms with van der Waals surface area (Å²) in [6, 6.07) is 4.01. The van der Waals surface area contributed by atoms with E-state index in [0.29, 0.717) is 12.5 Å². The van der Waals surface area contributed by atoms with Crippen molar-refractivity contribution in [1.82, 2.24) is 5.32 Å². The van der Waals surface area contributed by atoms with E-state index < -0.39 is 5.97 Å². The largest absolute Gasteiger partial charge is 0.508 e. The molecule has 1 aliphatic rings. The number of amides is 1. The first-order valence-electron chi connectivity index (χ1n) is 7.58. The van der Waals surface area contributed by atoms with Crippen LogP contribution in [0.3, 0.4) is 0 Å². The Balaban J connectivity index is 1.75. The van der Waals surface area contributed by atoms with Gasteiger partial charge in [0, 0.05) is 12.2 Å². The zero-order valence-corrected chi connectivity index (χ0v) is 12.5. The minimum atomic E-state index is -0.721. The summed E-state index contributed by atoms with van der Waals surface area (Å²) in [5.41, 5.74) is 5.90. The Morgan fingerprint density at radius 1 is 1.27 bits per heavy atom. The third kappa shape index (κ3) is 4.65. The molecule has 1 aromatic rings. The maximum absolute atomic E-state index is 11.8. The van der Waals surface area contributed by atoms with Gasteiger partial charge in [0.2, 0.25) is 0 Å². The van der Waals surface area contributed by atoms with Crippen molar-refractivity contribution in [2.45, 2.75) is 32.1 Å². The first-order valence-corrected chi connectivity index (χ1v) is 7.58. The number of ether oxygens (including phenoxy) is 1. The molecule has 1 fully saturated rings. The van der Waals surface area contributed by atoms with Gasteiger partial charge in [0.05, 0.1) is 5.56 Å². The van der Waals surface area contributed by atoms with E-state index in [1.54, 1.807) is 0 Å². The fraction of sp³-hybridized carbons (Fsp3) is 0.500. The molecule has 0 heterocycles. The Hall–Kier alpha value is -2.24. The normalized spacial score (nSPS) is 15.3. The molecular weight excluding hydrogens is 284 g/mol. The van der Waals surface area contributed by atoms with E-state index >= 15 is 0 Å². The second kappa shape index (κ2) is 7.68. The van der Waals surface area contributed by atoms with Crippen LogP contribution >= 0.6 is 0 Å². The molecule has 0 spiro atoms. The number of nitrogens with two attached hydrogens (primary N) is 1. The molecule has 0 aliphatic heterocycles. The third-order valence-corrected chi connectivity index (χ3v) is 3.90. The summed E-state index contributed by atoms with van der Waals surface area (Å²) in [4.78, 5) is 23.5. The minimum absolute atomic E-state index is 0.0556. The van der Waals surface area contributed by atoms with Gasteiger partial charge in [-0.1, -0.05) is 19.3 Å². The van der Waals surface area contributed by atoms with Crippen LogP contribution in [0.4, 0.5) is 5.69 Å². The van der Waals surface area contributed by atoms with Gasteiger partial charge >= 0.3 is 5.97 Å². The van der Waals surface area contributed by atoms with Crippen LogP contribution < -0.4 is 11.1 Å². The van der Waals surface area contributed by atoms with Gasteiger partial charge in [-0.3, -0.25) is 4.79 Å². The summed E-state index contributed by atoms with van der Waals surface area (Å²) < 4.78 is 4.92. The highest BCUT2D eigenvalue weighted by molar-refractivity contribution is 5.96. The van der Waals surface area contributed by atoms with Crippen LogP contribution in [0.15, 0.2) is 18.2 Å². The number of aromatic hydroxyl groups is 1. The Morgan fingerprint density at radius 3 is 2.73 bits per heavy atom. The summed E-state index contributed by atoms with van der Waals surface area (Å²) in [5.74, 6) is -0.600. The second-order valence-electron chi connectivity index (χ2n) is 5.66. The highest BCUT2D eigenvalue weighted by Gasteiger charge is 2.16. The lowest BCUT2D eigenvalue weighted by Crippen LogP contribution is -2.33. The molecule has 6 nitrogen and oxygen atoms in total. The maximum atomic E-state index is 11.8. The molecule has 1 saturated carbocycles. The van der Waals surface area contributed by atoms with Gasteiger partial charge in [-0.05, 0) is 37.0 Å². The summed E-state index contributed by atoms with van der Waals surface area (Å²) in [6.07, 6.45) is 5.98. The molecule has 0 bridgehead atoms.